The van der Waals surface area contributed by atoms with Crippen LogP contribution in [-0.2, 0) is 9.53 Å². The molecule has 3 aromatic rings. The molecule has 0 spiro atoms. The van der Waals surface area contributed by atoms with Crippen LogP contribution in [0.5, 0.6) is 11.5 Å². The highest BCUT2D eigenvalue weighted by Crippen LogP contribution is 2.28. The summed E-state index contributed by atoms with van der Waals surface area (Å²) in [4.78, 5) is 23.5. The molecule has 0 amide bonds. The van der Waals surface area contributed by atoms with Crippen LogP contribution in [0.3, 0.4) is 0 Å². The van der Waals surface area contributed by atoms with E-state index in [4.69, 9.17) is 13.9 Å². The number of ether oxygens (including phenoxy) is 3. The second-order valence-electron chi connectivity index (χ2n) is 9.47. The second-order valence-corrected chi connectivity index (χ2v) is 9.47. The van der Waals surface area contributed by atoms with Gasteiger partial charge in [-0.05, 0) is 48.7 Å². The van der Waals surface area contributed by atoms with Crippen LogP contribution in [-0.4, -0.2) is 25.5 Å². The molecule has 9 heteroatoms. The van der Waals surface area contributed by atoms with Gasteiger partial charge in [-0.25, -0.2) is 9.59 Å². The van der Waals surface area contributed by atoms with Gasteiger partial charge < -0.3 is 18.6 Å². The Bertz CT molecular complexity index is 1280. The number of fused-ring (bicyclic) bond motifs is 1. The first-order chi connectivity index (χ1) is 19.2. The van der Waals surface area contributed by atoms with Gasteiger partial charge in [0, 0.05) is 17.5 Å². The first kappa shape index (κ1) is 30.8. The zero-order valence-electron chi connectivity index (χ0n) is 22.5. The van der Waals surface area contributed by atoms with Crippen molar-refractivity contribution in [1.82, 2.24) is 0 Å². The number of carbonyl (C=O) groups excluding carboxylic acids is 1. The molecule has 0 atom stereocenters. The van der Waals surface area contributed by atoms with Crippen molar-refractivity contribution in [2.75, 3.05) is 13.2 Å². The Labute approximate surface area is 231 Å². The minimum atomic E-state index is -4.78. The number of carbonyl (C=O) groups is 1. The molecule has 1 aromatic heterocycles. The minimum Gasteiger partial charge on any atom is -0.493 e. The molecule has 0 aliphatic rings. The molecule has 0 saturated heterocycles. The van der Waals surface area contributed by atoms with E-state index in [-0.39, 0.29) is 17.3 Å². The summed E-state index contributed by atoms with van der Waals surface area (Å²) in [5.74, 6) is -0.116. The zero-order chi connectivity index (χ0) is 28.8. The van der Waals surface area contributed by atoms with Gasteiger partial charge in [0.1, 0.15) is 17.1 Å². The maximum absolute atomic E-state index is 12.5. The third-order valence-electron chi connectivity index (χ3n) is 6.32. The van der Waals surface area contributed by atoms with E-state index in [1.807, 2.05) is 0 Å². The summed E-state index contributed by atoms with van der Waals surface area (Å²) in [6, 6.07) is 12.0. The maximum Gasteiger partial charge on any atom is 0.573 e. The monoisotopic (exact) mass is 560 g/mol. The van der Waals surface area contributed by atoms with Crippen molar-refractivity contribution in [2.45, 2.75) is 70.6 Å². The number of halogens is 3. The van der Waals surface area contributed by atoms with E-state index in [0.717, 1.165) is 50.7 Å². The first-order valence-electron chi connectivity index (χ1n) is 13.6. The van der Waals surface area contributed by atoms with E-state index in [1.165, 1.54) is 43.9 Å². The average Bonchev–Trinajstić information content (AvgIpc) is 2.92. The van der Waals surface area contributed by atoms with Crippen molar-refractivity contribution < 1.29 is 36.6 Å². The third-order valence-corrected chi connectivity index (χ3v) is 6.32. The van der Waals surface area contributed by atoms with Crippen molar-refractivity contribution in [3.63, 3.8) is 0 Å². The van der Waals surface area contributed by atoms with Gasteiger partial charge >= 0.3 is 18.0 Å². The molecule has 6 nitrogen and oxygen atoms in total. The van der Waals surface area contributed by atoms with Gasteiger partial charge in [0.15, 0.2) is 0 Å². The fraction of sp³-hybridized carbons (Fsp3) is 0.419. The second kappa shape index (κ2) is 15.7. The van der Waals surface area contributed by atoms with Crippen molar-refractivity contribution in [3.8, 4) is 22.6 Å². The van der Waals surface area contributed by atoms with Crippen LogP contribution < -0.4 is 15.1 Å². The Kier molecular flexibility index (Phi) is 12.1. The van der Waals surface area contributed by atoms with E-state index in [2.05, 4.69) is 11.3 Å². The van der Waals surface area contributed by atoms with Gasteiger partial charge in [-0.2, -0.15) is 0 Å². The van der Waals surface area contributed by atoms with Crippen LogP contribution >= 0.6 is 0 Å². The van der Waals surface area contributed by atoms with E-state index in [0.29, 0.717) is 35.5 Å². The van der Waals surface area contributed by atoms with E-state index < -0.39 is 12.0 Å². The molecule has 0 unspecified atom stereocenters. The number of rotatable bonds is 17. The summed E-state index contributed by atoms with van der Waals surface area (Å²) in [5.41, 5.74) is 0.449. The fourth-order valence-corrected chi connectivity index (χ4v) is 4.26. The van der Waals surface area contributed by atoms with Gasteiger partial charge in [0.05, 0.1) is 18.8 Å². The van der Waals surface area contributed by atoms with Gasteiger partial charge in [-0.15, -0.1) is 13.2 Å². The third kappa shape index (κ3) is 10.8. The number of hydrogen-bond donors (Lipinski definition) is 0. The number of alkyl halides is 3. The number of unbranched alkanes of at least 4 members (excludes halogenated alkanes) is 9. The molecule has 0 saturated carbocycles. The minimum absolute atomic E-state index is 0.242. The molecule has 0 fully saturated rings. The number of benzene rings is 2. The Hall–Kier alpha value is -3.75. The summed E-state index contributed by atoms with van der Waals surface area (Å²) >= 11 is 0. The number of esters is 1. The van der Waals surface area contributed by atoms with Crippen LogP contribution in [0.1, 0.15) is 64.2 Å². The molecule has 40 heavy (non-hydrogen) atoms. The standard InChI is InChI=1S/C31H35F3O6/c1-2-29(35)38-20-12-10-8-6-4-3-5-7-9-11-19-37-26-18-15-24-21-27(30(36)39-28(24)22-26)23-13-16-25(17-14-23)40-31(32,33)34/h2,13-18,21-22H,1,3-12,19-20H2. The normalized spacial score (nSPS) is 11.4. The van der Waals surface area contributed by atoms with Gasteiger partial charge in [0.2, 0.25) is 0 Å². The molecular formula is C31H35F3O6. The highest BCUT2D eigenvalue weighted by molar-refractivity contribution is 5.83. The molecule has 0 bridgehead atoms. The lowest BCUT2D eigenvalue weighted by Gasteiger charge is -2.10. The van der Waals surface area contributed by atoms with Crippen LogP contribution in [0.2, 0.25) is 0 Å². The molecule has 3 rings (SSSR count). The van der Waals surface area contributed by atoms with Gasteiger partial charge in [-0.1, -0.05) is 70.1 Å². The fourth-order valence-electron chi connectivity index (χ4n) is 4.26. The van der Waals surface area contributed by atoms with Crippen molar-refractivity contribution in [1.29, 1.82) is 0 Å². The molecule has 0 aliphatic heterocycles. The van der Waals surface area contributed by atoms with E-state index in [1.54, 1.807) is 24.3 Å². The predicted molar refractivity (Wildman–Crippen MR) is 147 cm³/mol. The molecule has 0 aliphatic carbocycles. The van der Waals surface area contributed by atoms with Crippen LogP contribution in [0.25, 0.3) is 22.1 Å². The average molecular weight is 561 g/mol. The topological polar surface area (TPSA) is 75.0 Å². The molecule has 1 heterocycles. The summed E-state index contributed by atoms with van der Waals surface area (Å²) in [7, 11) is 0. The van der Waals surface area contributed by atoms with E-state index in [9.17, 15) is 22.8 Å². The Morgan fingerprint density at radius 3 is 1.98 bits per heavy atom. The predicted octanol–water partition coefficient (Wildman–Crippen LogP) is 8.37. The molecule has 216 valence electrons. The van der Waals surface area contributed by atoms with Gasteiger partial charge in [0.25, 0.3) is 0 Å². The van der Waals surface area contributed by atoms with Gasteiger partial charge in [-0.3, -0.25) is 0 Å². The highest BCUT2D eigenvalue weighted by Gasteiger charge is 2.31. The summed E-state index contributed by atoms with van der Waals surface area (Å²) < 4.78 is 57.2. The SMILES string of the molecule is C=CC(=O)OCCCCCCCCCCCCOc1ccc2cc(-c3ccc(OC(F)(F)F)cc3)c(=O)oc2c1. The van der Waals surface area contributed by atoms with Crippen molar-refractivity contribution in [2.24, 2.45) is 0 Å². The first-order valence-corrected chi connectivity index (χ1v) is 13.6. The largest absolute Gasteiger partial charge is 0.573 e. The lowest BCUT2D eigenvalue weighted by Crippen LogP contribution is -2.17. The smallest absolute Gasteiger partial charge is 0.493 e. The van der Waals surface area contributed by atoms with Crippen molar-refractivity contribution >= 4 is 16.9 Å². The maximum atomic E-state index is 12.5. The molecule has 2 aromatic carbocycles. The zero-order valence-corrected chi connectivity index (χ0v) is 22.5. The molecular weight excluding hydrogens is 525 g/mol. The summed E-state index contributed by atoms with van der Waals surface area (Å²) in [6.07, 6.45) is 7.49. The quantitative estimate of drug-likeness (QED) is 0.0715. The Morgan fingerprint density at radius 1 is 0.800 bits per heavy atom. The molecule has 0 N–H and O–H groups in total. The lowest BCUT2D eigenvalue weighted by molar-refractivity contribution is -0.274. The number of hydrogen-bond acceptors (Lipinski definition) is 6. The van der Waals surface area contributed by atoms with Crippen LogP contribution in [0, 0.1) is 0 Å². The van der Waals surface area contributed by atoms with Crippen LogP contribution in [0.15, 0.2) is 70.4 Å². The molecule has 0 radical (unpaired) electrons. The lowest BCUT2D eigenvalue weighted by atomic mass is 10.1. The van der Waals surface area contributed by atoms with Crippen LogP contribution in [0.4, 0.5) is 13.2 Å². The summed E-state index contributed by atoms with van der Waals surface area (Å²) in [6.45, 7) is 4.40. The Morgan fingerprint density at radius 2 is 1.38 bits per heavy atom. The van der Waals surface area contributed by atoms with Crippen molar-refractivity contribution in [3.05, 3.63) is 71.6 Å². The summed E-state index contributed by atoms with van der Waals surface area (Å²) in [5, 5.41) is 0.675. The Balaban J connectivity index is 1.33. The van der Waals surface area contributed by atoms with E-state index >= 15 is 0 Å². The highest BCUT2D eigenvalue weighted by atomic mass is 19.4.